The number of nitrogens with one attached hydrogen (secondary N) is 2. The quantitative estimate of drug-likeness (QED) is 0.888. The molecule has 1 fully saturated rings. The summed E-state index contributed by atoms with van der Waals surface area (Å²) >= 11 is 0. The lowest BCUT2D eigenvalue weighted by Crippen LogP contribution is -2.28. The molecular formula is C18H23FN4. The van der Waals surface area contributed by atoms with Crippen LogP contribution in [0.15, 0.2) is 42.7 Å². The number of aromatic nitrogens is 1. The number of rotatable bonds is 5. The molecule has 1 aliphatic rings. The van der Waals surface area contributed by atoms with Gasteiger partial charge in [-0.25, -0.2) is 4.39 Å². The Morgan fingerprint density at radius 3 is 2.91 bits per heavy atom. The highest BCUT2D eigenvalue weighted by Gasteiger charge is 2.14. The smallest absolute Gasteiger partial charge is 0.146 e. The van der Waals surface area contributed by atoms with Gasteiger partial charge in [-0.05, 0) is 42.3 Å². The maximum absolute atomic E-state index is 14.2. The normalized spacial score (nSPS) is 15.4. The predicted octanol–water partition coefficient (Wildman–Crippen LogP) is 2.31. The Labute approximate surface area is 136 Å². The van der Waals surface area contributed by atoms with Gasteiger partial charge in [-0.3, -0.25) is 4.98 Å². The molecule has 1 aromatic carbocycles. The Balaban J connectivity index is 1.62. The minimum Gasteiger partial charge on any atom is -0.368 e. The molecule has 2 aromatic rings. The number of halogens is 1. The van der Waals surface area contributed by atoms with Gasteiger partial charge in [0.15, 0.2) is 0 Å². The van der Waals surface area contributed by atoms with Gasteiger partial charge in [0, 0.05) is 45.1 Å². The first-order chi connectivity index (χ1) is 11.3. The van der Waals surface area contributed by atoms with Gasteiger partial charge in [-0.2, -0.15) is 0 Å². The molecular weight excluding hydrogens is 291 g/mol. The molecule has 0 saturated carbocycles. The summed E-state index contributed by atoms with van der Waals surface area (Å²) in [4.78, 5) is 6.24. The van der Waals surface area contributed by atoms with Crippen LogP contribution in [0.25, 0.3) is 0 Å². The van der Waals surface area contributed by atoms with Crippen LogP contribution in [0.3, 0.4) is 0 Å². The zero-order valence-electron chi connectivity index (χ0n) is 13.3. The molecule has 4 nitrogen and oxygen atoms in total. The molecule has 1 aliphatic heterocycles. The van der Waals surface area contributed by atoms with Crippen LogP contribution in [0.5, 0.6) is 0 Å². The Morgan fingerprint density at radius 2 is 2.04 bits per heavy atom. The van der Waals surface area contributed by atoms with E-state index < -0.39 is 0 Å². The second kappa shape index (κ2) is 8.04. The van der Waals surface area contributed by atoms with Crippen molar-refractivity contribution < 1.29 is 4.39 Å². The fraction of sp³-hybridized carbons (Fsp3) is 0.389. The van der Waals surface area contributed by atoms with Crippen LogP contribution in [0.2, 0.25) is 0 Å². The van der Waals surface area contributed by atoms with Crippen LogP contribution >= 0.6 is 0 Å². The summed E-state index contributed by atoms with van der Waals surface area (Å²) in [5.41, 5.74) is 2.96. The number of benzene rings is 1. The van der Waals surface area contributed by atoms with E-state index in [9.17, 15) is 4.39 Å². The molecule has 2 heterocycles. The van der Waals surface area contributed by atoms with E-state index in [2.05, 4.69) is 20.5 Å². The topological polar surface area (TPSA) is 40.2 Å². The van der Waals surface area contributed by atoms with E-state index in [0.717, 1.165) is 56.0 Å². The van der Waals surface area contributed by atoms with E-state index in [1.54, 1.807) is 12.3 Å². The molecule has 5 heteroatoms. The van der Waals surface area contributed by atoms with Gasteiger partial charge in [0.05, 0.1) is 5.69 Å². The molecule has 23 heavy (non-hydrogen) atoms. The summed E-state index contributed by atoms with van der Waals surface area (Å²) in [6.07, 6.45) is 4.67. The maximum Gasteiger partial charge on any atom is 0.146 e. The third-order valence-corrected chi connectivity index (χ3v) is 4.07. The molecule has 122 valence electrons. The standard InChI is InChI=1S/C18H23FN4/c19-17-5-4-15(12-22-14-16-3-1-6-21-13-16)11-18(17)23-9-2-7-20-8-10-23/h1,3-6,11,13,20,22H,2,7-10,12,14H2. The van der Waals surface area contributed by atoms with E-state index in [0.29, 0.717) is 6.54 Å². The Hall–Kier alpha value is -1.98. The molecule has 0 atom stereocenters. The first-order valence-corrected chi connectivity index (χ1v) is 8.16. The summed E-state index contributed by atoms with van der Waals surface area (Å²) < 4.78 is 14.2. The predicted molar refractivity (Wildman–Crippen MR) is 90.9 cm³/mol. The summed E-state index contributed by atoms with van der Waals surface area (Å²) in [5, 5.41) is 6.74. The third-order valence-electron chi connectivity index (χ3n) is 4.07. The number of hydrogen-bond donors (Lipinski definition) is 2. The van der Waals surface area contributed by atoms with Crippen molar-refractivity contribution in [3.8, 4) is 0 Å². The number of pyridine rings is 1. The number of anilines is 1. The van der Waals surface area contributed by atoms with Crippen LogP contribution in [0.1, 0.15) is 17.5 Å². The van der Waals surface area contributed by atoms with Gasteiger partial charge in [0.2, 0.25) is 0 Å². The van der Waals surface area contributed by atoms with Gasteiger partial charge in [0.1, 0.15) is 5.82 Å². The zero-order chi connectivity index (χ0) is 15.9. The lowest BCUT2D eigenvalue weighted by atomic mass is 10.1. The van der Waals surface area contributed by atoms with E-state index in [1.165, 1.54) is 0 Å². The SMILES string of the molecule is Fc1ccc(CNCc2cccnc2)cc1N1CCCNCC1. The van der Waals surface area contributed by atoms with Crippen LogP contribution in [-0.4, -0.2) is 31.2 Å². The zero-order valence-corrected chi connectivity index (χ0v) is 13.3. The summed E-state index contributed by atoms with van der Waals surface area (Å²) in [6, 6.07) is 9.37. The van der Waals surface area contributed by atoms with E-state index >= 15 is 0 Å². The molecule has 0 aliphatic carbocycles. The van der Waals surface area contributed by atoms with Crippen LogP contribution in [-0.2, 0) is 13.1 Å². The minimum absolute atomic E-state index is 0.136. The van der Waals surface area contributed by atoms with Gasteiger partial charge < -0.3 is 15.5 Å². The summed E-state index contributed by atoms with van der Waals surface area (Å²) in [5.74, 6) is -0.136. The molecule has 1 aromatic heterocycles. The van der Waals surface area contributed by atoms with Gasteiger partial charge in [-0.1, -0.05) is 12.1 Å². The van der Waals surface area contributed by atoms with Crippen molar-refractivity contribution in [3.05, 3.63) is 59.7 Å². The minimum atomic E-state index is -0.136. The second-order valence-electron chi connectivity index (χ2n) is 5.84. The molecule has 0 radical (unpaired) electrons. The lowest BCUT2D eigenvalue weighted by Gasteiger charge is -2.23. The maximum atomic E-state index is 14.2. The van der Waals surface area contributed by atoms with Gasteiger partial charge >= 0.3 is 0 Å². The monoisotopic (exact) mass is 314 g/mol. The number of nitrogens with zero attached hydrogens (tertiary/aromatic N) is 2. The molecule has 2 N–H and O–H groups in total. The Kier molecular flexibility index (Phi) is 5.56. The van der Waals surface area contributed by atoms with Crippen LogP contribution < -0.4 is 15.5 Å². The highest BCUT2D eigenvalue weighted by Crippen LogP contribution is 2.21. The van der Waals surface area contributed by atoms with Crippen molar-refractivity contribution in [2.45, 2.75) is 19.5 Å². The second-order valence-corrected chi connectivity index (χ2v) is 5.84. The van der Waals surface area contributed by atoms with Gasteiger partial charge in [0.25, 0.3) is 0 Å². The van der Waals surface area contributed by atoms with Crippen LogP contribution in [0.4, 0.5) is 10.1 Å². The average molecular weight is 314 g/mol. The fourth-order valence-corrected chi connectivity index (χ4v) is 2.85. The largest absolute Gasteiger partial charge is 0.368 e. The van der Waals surface area contributed by atoms with Gasteiger partial charge in [-0.15, -0.1) is 0 Å². The van der Waals surface area contributed by atoms with E-state index in [1.807, 2.05) is 30.5 Å². The van der Waals surface area contributed by atoms with Crippen molar-refractivity contribution in [3.63, 3.8) is 0 Å². The van der Waals surface area contributed by atoms with Crippen molar-refractivity contribution >= 4 is 5.69 Å². The molecule has 1 saturated heterocycles. The van der Waals surface area contributed by atoms with E-state index in [-0.39, 0.29) is 5.82 Å². The first-order valence-electron chi connectivity index (χ1n) is 8.16. The highest BCUT2D eigenvalue weighted by atomic mass is 19.1. The lowest BCUT2D eigenvalue weighted by molar-refractivity contribution is 0.615. The van der Waals surface area contributed by atoms with Crippen molar-refractivity contribution in [2.75, 3.05) is 31.1 Å². The molecule has 3 rings (SSSR count). The first kappa shape index (κ1) is 15.9. The van der Waals surface area contributed by atoms with Crippen LogP contribution in [0, 0.1) is 5.82 Å². The Morgan fingerprint density at radius 1 is 1.13 bits per heavy atom. The Bertz CT molecular complexity index is 610. The molecule has 0 unspecified atom stereocenters. The molecule has 0 spiro atoms. The molecule has 0 amide bonds. The van der Waals surface area contributed by atoms with E-state index in [4.69, 9.17) is 0 Å². The molecule has 0 bridgehead atoms. The summed E-state index contributed by atoms with van der Waals surface area (Å²) in [7, 11) is 0. The highest BCUT2D eigenvalue weighted by molar-refractivity contribution is 5.50. The summed E-state index contributed by atoms with van der Waals surface area (Å²) in [6.45, 7) is 5.13. The fourth-order valence-electron chi connectivity index (χ4n) is 2.85. The average Bonchev–Trinajstić information content (AvgIpc) is 2.87. The van der Waals surface area contributed by atoms with Crippen molar-refractivity contribution in [2.24, 2.45) is 0 Å². The van der Waals surface area contributed by atoms with Crippen molar-refractivity contribution in [1.29, 1.82) is 0 Å². The number of hydrogen-bond acceptors (Lipinski definition) is 4. The van der Waals surface area contributed by atoms with Crippen molar-refractivity contribution in [1.82, 2.24) is 15.6 Å². The third kappa shape index (κ3) is 4.50.